The van der Waals surface area contributed by atoms with Crippen molar-refractivity contribution < 1.29 is 41.3 Å². The molecule has 152 valence electrons. The van der Waals surface area contributed by atoms with Crippen molar-refractivity contribution in [3.05, 3.63) is 59.3 Å². The average molecular weight is 411 g/mol. The third-order valence-corrected chi connectivity index (χ3v) is 3.66. The first-order valence-electron chi connectivity index (χ1n) is 8.07. The van der Waals surface area contributed by atoms with Gasteiger partial charge in [-0.15, -0.1) is 0 Å². The van der Waals surface area contributed by atoms with Gasteiger partial charge in [0.25, 0.3) is 0 Å². The van der Waals surface area contributed by atoms with Crippen LogP contribution in [-0.4, -0.2) is 32.2 Å². The fraction of sp³-hybridized carbons (Fsp3) is 0.158. The highest BCUT2D eigenvalue weighted by atomic mass is 19.3. The molecule has 1 aliphatic heterocycles. The summed E-state index contributed by atoms with van der Waals surface area (Å²) in [7, 11) is 1.27. The van der Waals surface area contributed by atoms with Crippen molar-refractivity contribution in [3.63, 3.8) is 0 Å². The predicted molar refractivity (Wildman–Crippen MR) is 93.3 cm³/mol. The Labute approximate surface area is 162 Å². The Morgan fingerprint density at radius 1 is 0.966 bits per heavy atom. The molecule has 2 aromatic carbocycles. The topological polar surface area (TPSA) is 66.3 Å². The van der Waals surface area contributed by atoms with E-state index in [0.717, 1.165) is 0 Å². The molecule has 6 nitrogen and oxygen atoms in total. The van der Waals surface area contributed by atoms with E-state index >= 15 is 0 Å². The standard InChI is InChI=1S/C19H13F4NO5/c1-26-15-9-10(6-7-14(15)28-19(22)23)8-12-17(25)29-16(24-12)11-4-2-3-5-13(11)27-18(20)21/h2-9,18-19H,1H3. The highest BCUT2D eigenvalue weighted by Gasteiger charge is 2.27. The molecule has 1 heterocycles. The lowest BCUT2D eigenvalue weighted by atomic mass is 10.1. The van der Waals surface area contributed by atoms with Gasteiger partial charge in [-0.2, -0.15) is 17.6 Å². The number of esters is 1. The fourth-order valence-electron chi connectivity index (χ4n) is 2.49. The molecule has 0 N–H and O–H groups in total. The van der Waals surface area contributed by atoms with E-state index in [1.54, 1.807) is 6.07 Å². The Hall–Kier alpha value is -3.56. The van der Waals surface area contributed by atoms with Gasteiger partial charge in [0.15, 0.2) is 17.2 Å². The first kappa shape index (κ1) is 20.2. The van der Waals surface area contributed by atoms with Crippen molar-refractivity contribution >= 4 is 17.9 Å². The van der Waals surface area contributed by atoms with Crippen LogP contribution in [0.5, 0.6) is 17.2 Å². The average Bonchev–Trinajstić information content (AvgIpc) is 3.02. The number of hydrogen-bond acceptors (Lipinski definition) is 6. The van der Waals surface area contributed by atoms with Gasteiger partial charge >= 0.3 is 19.2 Å². The van der Waals surface area contributed by atoms with Crippen LogP contribution in [0.25, 0.3) is 6.08 Å². The smallest absolute Gasteiger partial charge is 0.387 e. The molecule has 0 atom stereocenters. The Morgan fingerprint density at radius 2 is 1.66 bits per heavy atom. The van der Waals surface area contributed by atoms with Gasteiger partial charge in [0.05, 0.1) is 12.7 Å². The number of carbonyl (C=O) groups excluding carboxylic acids is 1. The zero-order chi connectivity index (χ0) is 21.0. The normalized spacial score (nSPS) is 14.9. The minimum Gasteiger partial charge on any atom is -0.493 e. The van der Waals surface area contributed by atoms with Gasteiger partial charge in [-0.05, 0) is 35.9 Å². The summed E-state index contributed by atoms with van der Waals surface area (Å²) in [5, 5.41) is 0. The number of carbonyl (C=O) groups is 1. The zero-order valence-corrected chi connectivity index (χ0v) is 14.8. The maximum absolute atomic E-state index is 12.6. The van der Waals surface area contributed by atoms with Gasteiger partial charge < -0.3 is 18.9 Å². The van der Waals surface area contributed by atoms with Crippen LogP contribution in [-0.2, 0) is 9.53 Å². The van der Waals surface area contributed by atoms with Gasteiger partial charge in [-0.3, -0.25) is 0 Å². The second kappa shape index (κ2) is 8.63. The molecular formula is C19H13F4NO5. The van der Waals surface area contributed by atoms with E-state index < -0.39 is 19.2 Å². The summed E-state index contributed by atoms with van der Waals surface area (Å²) in [5.41, 5.74) is 0.330. The van der Waals surface area contributed by atoms with Crippen LogP contribution in [0.4, 0.5) is 17.6 Å². The number of halogens is 4. The van der Waals surface area contributed by atoms with E-state index in [9.17, 15) is 22.4 Å². The van der Waals surface area contributed by atoms with Crippen LogP contribution >= 0.6 is 0 Å². The Morgan fingerprint density at radius 3 is 2.34 bits per heavy atom. The third-order valence-electron chi connectivity index (χ3n) is 3.66. The largest absolute Gasteiger partial charge is 0.493 e. The molecule has 10 heteroatoms. The maximum atomic E-state index is 12.6. The highest BCUT2D eigenvalue weighted by Crippen LogP contribution is 2.31. The lowest BCUT2D eigenvalue weighted by Gasteiger charge is -2.10. The summed E-state index contributed by atoms with van der Waals surface area (Å²) in [6.07, 6.45) is 1.32. The summed E-state index contributed by atoms with van der Waals surface area (Å²) >= 11 is 0. The SMILES string of the molecule is COc1cc(C=C2N=C(c3ccccc3OC(F)F)OC2=O)ccc1OC(F)F. The molecule has 3 rings (SSSR count). The van der Waals surface area contributed by atoms with Gasteiger partial charge in [-0.1, -0.05) is 18.2 Å². The van der Waals surface area contributed by atoms with Crippen LogP contribution in [0, 0.1) is 0 Å². The molecule has 29 heavy (non-hydrogen) atoms. The predicted octanol–water partition coefficient (Wildman–Crippen LogP) is 4.24. The number of para-hydroxylation sites is 1. The zero-order valence-electron chi connectivity index (χ0n) is 14.8. The Bertz CT molecular complexity index is 975. The van der Waals surface area contributed by atoms with Gasteiger partial charge in [0, 0.05) is 0 Å². The number of cyclic esters (lactones) is 1. The molecule has 0 saturated carbocycles. The summed E-state index contributed by atoms with van der Waals surface area (Å²) in [4.78, 5) is 16.1. The second-order valence-corrected chi connectivity index (χ2v) is 5.50. The number of methoxy groups -OCH3 is 1. The van der Waals surface area contributed by atoms with Crippen LogP contribution in [0.15, 0.2) is 53.2 Å². The lowest BCUT2D eigenvalue weighted by molar-refractivity contribution is -0.129. The Kier molecular flexibility index (Phi) is 6.01. The molecule has 1 aliphatic rings. The molecule has 0 spiro atoms. The quantitative estimate of drug-likeness (QED) is 0.387. The first-order valence-corrected chi connectivity index (χ1v) is 8.07. The van der Waals surface area contributed by atoms with Crippen molar-refractivity contribution in [1.82, 2.24) is 0 Å². The molecule has 0 unspecified atom stereocenters. The van der Waals surface area contributed by atoms with Crippen LogP contribution in [0.3, 0.4) is 0 Å². The summed E-state index contributed by atoms with van der Waals surface area (Å²) in [5.74, 6) is -1.39. The monoisotopic (exact) mass is 411 g/mol. The van der Waals surface area contributed by atoms with Crippen LogP contribution < -0.4 is 14.2 Å². The molecule has 0 aliphatic carbocycles. The van der Waals surface area contributed by atoms with Gasteiger partial charge in [0.2, 0.25) is 5.90 Å². The number of alkyl halides is 4. The number of hydrogen-bond donors (Lipinski definition) is 0. The van der Waals surface area contributed by atoms with Crippen molar-refractivity contribution in [2.75, 3.05) is 7.11 Å². The van der Waals surface area contributed by atoms with E-state index in [0.29, 0.717) is 5.56 Å². The number of aliphatic imine (C=N–C) groups is 1. The summed E-state index contributed by atoms with van der Waals surface area (Å²) in [6, 6.07) is 9.72. The number of benzene rings is 2. The molecule has 0 radical (unpaired) electrons. The Balaban J connectivity index is 1.92. The van der Waals surface area contributed by atoms with Crippen LogP contribution in [0.2, 0.25) is 0 Å². The van der Waals surface area contributed by atoms with Gasteiger partial charge in [-0.25, -0.2) is 9.79 Å². The van der Waals surface area contributed by atoms with Crippen molar-refractivity contribution in [2.24, 2.45) is 4.99 Å². The van der Waals surface area contributed by atoms with E-state index in [1.807, 2.05) is 0 Å². The fourth-order valence-corrected chi connectivity index (χ4v) is 2.49. The van der Waals surface area contributed by atoms with Crippen molar-refractivity contribution in [1.29, 1.82) is 0 Å². The van der Waals surface area contributed by atoms with Crippen LogP contribution in [0.1, 0.15) is 11.1 Å². The van der Waals surface area contributed by atoms with E-state index in [4.69, 9.17) is 9.47 Å². The second-order valence-electron chi connectivity index (χ2n) is 5.50. The maximum Gasteiger partial charge on any atom is 0.387 e. The van der Waals surface area contributed by atoms with Gasteiger partial charge in [0.1, 0.15) is 5.75 Å². The number of rotatable bonds is 7. The minimum absolute atomic E-state index is 0.0193. The third kappa shape index (κ3) is 4.84. The van der Waals surface area contributed by atoms with Crippen molar-refractivity contribution in [2.45, 2.75) is 13.2 Å². The summed E-state index contributed by atoms with van der Waals surface area (Å²) in [6.45, 7) is -6.09. The minimum atomic E-state index is -3.06. The van der Waals surface area contributed by atoms with E-state index in [1.165, 1.54) is 49.6 Å². The number of ether oxygens (including phenoxy) is 4. The molecular weight excluding hydrogens is 398 g/mol. The molecule has 0 amide bonds. The molecule has 0 saturated heterocycles. The number of nitrogens with zero attached hydrogens (tertiary/aromatic N) is 1. The first-order chi connectivity index (χ1) is 13.9. The van der Waals surface area contributed by atoms with E-state index in [-0.39, 0.29) is 34.4 Å². The highest BCUT2D eigenvalue weighted by molar-refractivity contribution is 6.13. The molecule has 0 aromatic heterocycles. The van der Waals surface area contributed by atoms with E-state index in [2.05, 4.69) is 14.5 Å². The summed E-state index contributed by atoms with van der Waals surface area (Å²) < 4.78 is 68.7. The molecule has 0 bridgehead atoms. The lowest BCUT2D eigenvalue weighted by Crippen LogP contribution is -2.10. The van der Waals surface area contributed by atoms with Crippen molar-refractivity contribution in [3.8, 4) is 17.2 Å². The molecule has 2 aromatic rings. The molecule has 0 fully saturated rings.